The molecule has 0 aliphatic heterocycles. The van der Waals surface area contributed by atoms with Gasteiger partial charge in [-0.15, -0.1) is 0 Å². The highest BCUT2D eigenvalue weighted by Gasteiger charge is 2.06. The summed E-state index contributed by atoms with van der Waals surface area (Å²) in [5, 5.41) is 7.80. The minimum absolute atomic E-state index is 0.169. The molecule has 2 aromatic heterocycles. The van der Waals surface area contributed by atoms with Crippen LogP contribution >= 0.6 is 15.9 Å². The van der Waals surface area contributed by atoms with Gasteiger partial charge < -0.3 is 5.32 Å². The van der Waals surface area contributed by atoms with Crippen LogP contribution in [0.15, 0.2) is 52.0 Å². The molecule has 1 amide bonds. The number of halogens is 1. The van der Waals surface area contributed by atoms with Crippen molar-refractivity contribution in [2.75, 3.05) is 10.7 Å². The lowest BCUT2D eigenvalue weighted by Gasteiger charge is -2.07. The lowest BCUT2D eigenvalue weighted by atomic mass is 10.2. The third kappa shape index (κ3) is 4.39. The SMILES string of the molecule is CC(=O)Nc1ccc2c(C)cc(N/N=C/c3ccc(Br)cc3)nc2n1. The molecule has 25 heavy (non-hydrogen) atoms. The zero-order valence-corrected chi connectivity index (χ0v) is 15.3. The molecule has 0 saturated carbocycles. The van der Waals surface area contributed by atoms with Crippen LogP contribution < -0.4 is 10.7 Å². The van der Waals surface area contributed by atoms with E-state index < -0.39 is 0 Å². The number of carbonyl (C=O) groups is 1. The van der Waals surface area contributed by atoms with Crippen molar-refractivity contribution in [3.8, 4) is 0 Å². The smallest absolute Gasteiger partial charge is 0.222 e. The lowest BCUT2D eigenvalue weighted by molar-refractivity contribution is -0.114. The Balaban J connectivity index is 1.83. The van der Waals surface area contributed by atoms with Crippen molar-refractivity contribution in [3.05, 3.63) is 58.1 Å². The highest BCUT2D eigenvalue weighted by Crippen LogP contribution is 2.20. The standard InChI is InChI=1S/C18H16BrN5O/c1-11-9-17(24-20-10-13-3-5-14(19)6-4-13)23-18-15(11)7-8-16(22-18)21-12(2)25/h3-10H,1-2H3,(H2,21,22,23,24,25)/b20-10+. The average molecular weight is 398 g/mol. The molecule has 0 saturated heterocycles. The van der Waals surface area contributed by atoms with Gasteiger partial charge in [-0.1, -0.05) is 28.1 Å². The van der Waals surface area contributed by atoms with Crippen LogP contribution in [0.2, 0.25) is 0 Å². The van der Waals surface area contributed by atoms with Crippen LogP contribution in [0.25, 0.3) is 11.0 Å². The number of benzene rings is 1. The molecule has 0 bridgehead atoms. The Morgan fingerprint density at radius 1 is 1.12 bits per heavy atom. The number of hydrazone groups is 1. The van der Waals surface area contributed by atoms with Crippen LogP contribution in [-0.2, 0) is 4.79 Å². The van der Waals surface area contributed by atoms with E-state index in [9.17, 15) is 4.79 Å². The van der Waals surface area contributed by atoms with Crippen LogP contribution in [0.1, 0.15) is 18.1 Å². The Morgan fingerprint density at radius 3 is 2.56 bits per heavy atom. The van der Waals surface area contributed by atoms with E-state index in [4.69, 9.17) is 0 Å². The summed E-state index contributed by atoms with van der Waals surface area (Å²) in [6.07, 6.45) is 1.72. The number of rotatable bonds is 4. The first-order valence-corrected chi connectivity index (χ1v) is 8.41. The molecule has 2 N–H and O–H groups in total. The third-order valence-corrected chi connectivity index (χ3v) is 3.98. The van der Waals surface area contributed by atoms with E-state index in [1.807, 2.05) is 43.3 Å². The lowest BCUT2D eigenvalue weighted by Crippen LogP contribution is -2.07. The summed E-state index contributed by atoms with van der Waals surface area (Å²) in [6, 6.07) is 13.4. The fourth-order valence-corrected chi connectivity index (χ4v) is 2.56. The molecule has 0 spiro atoms. The Labute approximate surface area is 153 Å². The number of pyridine rings is 2. The van der Waals surface area contributed by atoms with Crippen molar-refractivity contribution in [1.29, 1.82) is 0 Å². The number of aromatic nitrogens is 2. The Hall–Kier alpha value is -2.80. The number of nitrogens with zero attached hydrogens (tertiary/aromatic N) is 3. The van der Waals surface area contributed by atoms with Crippen molar-refractivity contribution in [2.45, 2.75) is 13.8 Å². The van der Waals surface area contributed by atoms with Crippen molar-refractivity contribution >= 4 is 50.7 Å². The van der Waals surface area contributed by atoms with Crippen molar-refractivity contribution < 1.29 is 4.79 Å². The first kappa shape index (κ1) is 17.0. The maximum atomic E-state index is 11.2. The minimum atomic E-state index is -0.169. The van der Waals surface area contributed by atoms with E-state index in [1.54, 1.807) is 12.3 Å². The van der Waals surface area contributed by atoms with E-state index in [1.165, 1.54) is 6.92 Å². The first-order valence-electron chi connectivity index (χ1n) is 7.62. The number of anilines is 2. The van der Waals surface area contributed by atoms with E-state index in [2.05, 4.69) is 41.7 Å². The largest absolute Gasteiger partial charge is 0.311 e. The van der Waals surface area contributed by atoms with Crippen LogP contribution in [0.5, 0.6) is 0 Å². The maximum Gasteiger partial charge on any atom is 0.222 e. The van der Waals surface area contributed by atoms with Gasteiger partial charge in [-0.3, -0.25) is 10.2 Å². The van der Waals surface area contributed by atoms with Crippen LogP contribution in [0.3, 0.4) is 0 Å². The Morgan fingerprint density at radius 2 is 1.84 bits per heavy atom. The molecule has 0 aliphatic rings. The molecule has 0 radical (unpaired) electrons. The Kier molecular flexibility index (Phi) is 5.04. The molecule has 0 fully saturated rings. The molecule has 1 aromatic carbocycles. The normalized spacial score (nSPS) is 11.0. The fourth-order valence-electron chi connectivity index (χ4n) is 2.30. The monoisotopic (exact) mass is 397 g/mol. The highest BCUT2D eigenvalue weighted by atomic mass is 79.9. The molecule has 0 unspecified atom stereocenters. The van der Waals surface area contributed by atoms with Gasteiger partial charge >= 0.3 is 0 Å². The molecule has 126 valence electrons. The van der Waals surface area contributed by atoms with Gasteiger partial charge in [0.25, 0.3) is 0 Å². The quantitative estimate of drug-likeness (QED) is 0.512. The molecule has 0 aliphatic carbocycles. The van der Waals surface area contributed by atoms with Crippen LogP contribution in [-0.4, -0.2) is 22.1 Å². The summed E-state index contributed by atoms with van der Waals surface area (Å²) < 4.78 is 1.02. The molecular formula is C18H16BrN5O. The van der Waals surface area contributed by atoms with Crippen molar-refractivity contribution in [1.82, 2.24) is 9.97 Å². The molecule has 0 atom stereocenters. The molecule has 6 nitrogen and oxygen atoms in total. The van der Waals surface area contributed by atoms with E-state index in [0.29, 0.717) is 17.3 Å². The number of carbonyl (C=O) groups excluding carboxylic acids is 1. The summed E-state index contributed by atoms with van der Waals surface area (Å²) in [4.78, 5) is 20.0. The van der Waals surface area contributed by atoms with Crippen LogP contribution in [0.4, 0.5) is 11.6 Å². The third-order valence-electron chi connectivity index (χ3n) is 3.45. The molecule has 2 heterocycles. The number of fused-ring (bicyclic) bond motifs is 1. The summed E-state index contributed by atoms with van der Waals surface area (Å²) in [7, 11) is 0. The second-order valence-electron chi connectivity index (χ2n) is 5.49. The predicted octanol–water partition coefficient (Wildman–Crippen LogP) is 4.11. The van der Waals surface area contributed by atoms with Gasteiger partial charge in [-0.05, 0) is 48.4 Å². The summed E-state index contributed by atoms with van der Waals surface area (Å²) >= 11 is 3.40. The number of nitrogens with one attached hydrogen (secondary N) is 2. The van der Waals surface area contributed by atoms with Gasteiger partial charge in [0.15, 0.2) is 5.65 Å². The zero-order valence-electron chi connectivity index (χ0n) is 13.7. The van der Waals surface area contributed by atoms with E-state index >= 15 is 0 Å². The number of aryl methyl sites for hydroxylation is 1. The van der Waals surface area contributed by atoms with Gasteiger partial charge in [0.05, 0.1) is 6.21 Å². The molecule has 3 aromatic rings. The average Bonchev–Trinajstić information content (AvgIpc) is 2.56. The van der Waals surface area contributed by atoms with Crippen molar-refractivity contribution in [2.24, 2.45) is 5.10 Å². The number of amides is 1. The first-order chi connectivity index (χ1) is 12.0. The van der Waals surface area contributed by atoms with E-state index in [0.717, 1.165) is 21.0 Å². The second-order valence-corrected chi connectivity index (χ2v) is 6.41. The minimum Gasteiger partial charge on any atom is -0.311 e. The van der Waals surface area contributed by atoms with Crippen molar-refractivity contribution in [3.63, 3.8) is 0 Å². The maximum absolute atomic E-state index is 11.2. The molecule has 7 heteroatoms. The number of hydrogen-bond acceptors (Lipinski definition) is 5. The second kappa shape index (κ2) is 7.40. The summed E-state index contributed by atoms with van der Waals surface area (Å²) in [5.41, 5.74) is 5.46. The highest BCUT2D eigenvalue weighted by molar-refractivity contribution is 9.10. The Bertz CT molecular complexity index is 954. The molecule has 3 rings (SSSR count). The zero-order chi connectivity index (χ0) is 17.8. The van der Waals surface area contributed by atoms with Gasteiger partial charge in [0.1, 0.15) is 11.6 Å². The predicted molar refractivity (Wildman–Crippen MR) is 104 cm³/mol. The summed E-state index contributed by atoms with van der Waals surface area (Å²) in [5.74, 6) is 0.894. The van der Waals surface area contributed by atoms with Crippen LogP contribution in [0, 0.1) is 6.92 Å². The fraction of sp³-hybridized carbons (Fsp3) is 0.111. The topological polar surface area (TPSA) is 79.3 Å². The van der Waals surface area contributed by atoms with E-state index in [-0.39, 0.29) is 5.91 Å². The van der Waals surface area contributed by atoms with Gasteiger partial charge in [-0.25, -0.2) is 9.97 Å². The van der Waals surface area contributed by atoms with Gasteiger partial charge in [-0.2, -0.15) is 5.10 Å². The summed E-state index contributed by atoms with van der Waals surface area (Å²) in [6.45, 7) is 3.42. The molecular weight excluding hydrogens is 382 g/mol. The number of hydrogen-bond donors (Lipinski definition) is 2. The van der Waals surface area contributed by atoms with Gasteiger partial charge in [0.2, 0.25) is 5.91 Å². The van der Waals surface area contributed by atoms with Gasteiger partial charge in [0, 0.05) is 16.8 Å².